The van der Waals surface area contributed by atoms with Gasteiger partial charge < -0.3 is 14.3 Å². The van der Waals surface area contributed by atoms with Crippen LogP contribution in [0.2, 0.25) is 0 Å². The van der Waals surface area contributed by atoms with Gasteiger partial charge in [0, 0.05) is 43.5 Å². The van der Waals surface area contributed by atoms with Crippen molar-refractivity contribution in [3.8, 4) is 11.4 Å². The SMILES string of the molecule is O=C(c1cccc2ccccc12)N1CCN(c2ccc(-c3noc(C(F)(F)F)n3)cn2)CC1. The first-order valence-corrected chi connectivity index (χ1v) is 10.3. The lowest BCUT2D eigenvalue weighted by Gasteiger charge is -2.35. The van der Waals surface area contributed by atoms with E-state index in [0.717, 1.165) is 10.8 Å². The van der Waals surface area contributed by atoms with Crippen LogP contribution in [-0.4, -0.2) is 52.1 Å². The highest BCUT2D eigenvalue weighted by Gasteiger charge is 2.38. The maximum Gasteiger partial charge on any atom is 0.471 e. The van der Waals surface area contributed by atoms with Crippen molar-refractivity contribution in [1.82, 2.24) is 20.0 Å². The Balaban J connectivity index is 1.25. The molecule has 0 radical (unpaired) electrons. The molecule has 1 aliphatic rings. The first-order valence-electron chi connectivity index (χ1n) is 10.3. The van der Waals surface area contributed by atoms with Gasteiger partial charge in [0.05, 0.1) is 0 Å². The molecule has 33 heavy (non-hydrogen) atoms. The fraction of sp³-hybridized carbons (Fsp3) is 0.217. The standard InChI is InChI=1S/C23H18F3N5O2/c24-23(25,26)22-28-20(29-33-22)16-8-9-19(27-14-16)30-10-12-31(13-11-30)21(32)18-7-3-5-15-4-1-2-6-17(15)18/h1-9,14H,10-13H2. The van der Waals surface area contributed by atoms with Crippen LogP contribution in [0.4, 0.5) is 19.0 Å². The fourth-order valence-electron chi connectivity index (χ4n) is 3.88. The van der Waals surface area contributed by atoms with Gasteiger partial charge in [-0.1, -0.05) is 41.6 Å². The molecule has 0 saturated carbocycles. The molecule has 1 aliphatic heterocycles. The minimum absolute atomic E-state index is 0.00710. The molecular formula is C23H18F3N5O2. The number of amides is 1. The van der Waals surface area contributed by atoms with E-state index in [0.29, 0.717) is 43.1 Å². The normalized spacial score (nSPS) is 14.6. The van der Waals surface area contributed by atoms with E-state index in [1.807, 2.05) is 52.3 Å². The zero-order valence-electron chi connectivity index (χ0n) is 17.3. The molecule has 3 heterocycles. The monoisotopic (exact) mass is 453 g/mol. The number of alkyl halides is 3. The van der Waals surface area contributed by atoms with Gasteiger partial charge >= 0.3 is 12.1 Å². The molecule has 2 aromatic carbocycles. The van der Waals surface area contributed by atoms with Gasteiger partial charge in [0.1, 0.15) is 5.82 Å². The van der Waals surface area contributed by atoms with Gasteiger partial charge in [-0.25, -0.2) is 4.98 Å². The maximum absolute atomic E-state index is 13.1. The molecule has 1 fully saturated rings. The maximum atomic E-state index is 13.1. The predicted octanol–water partition coefficient (Wildman–Crippen LogP) is 4.27. The number of halogens is 3. The van der Waals surface area contributed by atoms with Gasteiger partial charge in [-0.2, -0.15) is 18.2 Å². The van der Waals surface area contributed by atoms with Crippen LogP contribution in [0, 0.1) is 0 Å². The van der Waals surface area contributed by atoms with Gasteiger partial charge in [0.2, 0.25) is 5.82 Å². The predicted molar refractivity (Wildman–Crippen MR) is 115 cm³/mol. The van der Waals surface area contributed by atoms with Crippen LogP contribution < -0.4 is 4.90 Å². The van der Waals surface area contributed by atoms with E-state index in [9.17, 15) is 18.0 Å². The van der Waals surface area contributed by atoms with Crippen LogP contribution >= 0.6 is 0 Å². The van der Waals surface area contributed by atoms with Crippen LogP contribution in [0.15, 0.2) is 65.3 Å². The molecule has 0 N–H and O–H groups in total. The third-order valence-electron chi connectivity index (χ3n) is 5.59. The highest BCUT2D eigenvalue weighted by molar-refractivity contribution is 6.07. The van der Waals surface area contributed by atoms with Crippen molar-refractivity contribution in [2.75, 3.05) is 31.1 Å². The Morgan fingerprint density at radius 1 is 0.939 bits per heavy atom. The smallest absolute Gasteiger partial charge is 0.353 e. The van der Waals surface area contributed by atoms with Crippen molar-refractivity contribution < 1.29 is 22.5 Å². The second kappa shape index (κ2) is 8.19. The summed E-state index contributed by atoms with van der Waals surface area (Å²) in [6.07, 6.45) is -3.28. The Kier molecular flexibility index (Phi) is 5.20. The summed E-state index contributed by atoms with van der Waals surface area (Å²) >= 11 is 0. The molecular weight excluding hydrogens is 435 g/mol. The lowest BCUT2D eigenvalue weighted by molar-refractivity contribution is -0.159. The molecule has 0 atom stereocenters. The number of hydrogen-bond donors (Lipinski definition) is 0. The minimum atomic E-state index is -4.69. The second-order valence-corrected chi connectivity index (χ2v) is 7.63. The second-order valence-electron chi connectivity index (χ2n) is 7.63. The Labute approximate surface area is 186 Å². The summed E-state index contributed by atoms with van der Waals surface area (Å²) in [4.78, 5) is 24.7. The number of rotatable bonds is 3. The largest absolute Gasteiger partial charge is 0.471 e. The van der Waals surface area contributed by atoms with Crippen molar-refractivity contribution >= 4 is 22.5 Å². The van der Waals surface area contributed by atoms with E-state index in [4.69, 9.17) is 0 Å². The first kappa shape index (κ1) is 20.9. The zero-order valence-corrected chi connectivity index (χ0v) is 17.3. The van der Waals surface area contributed by atoms with Crippen molar-refractivity contribution in [1.29, 1.82) is 0 Å². The third-order valence-corrected chi connectivity index (χ3v) is 5.59. The van der Waals surface area contributed by atoms with Crippen LogP contribution in [0.5, 0.6) is 0 Å². The van der Waals surface area contributed by atoms with E-state index in [1.165, 1.54) is 6.20 Å². The molecule has 1 saturated heterocycles. The van der Waals surface area contributed by atoms with E-state index < -0.39 is 12.1 Å². The molecule has 5 rings (SSSR count). The summed E-state index contributed by atoms with van der Waals surface area (Å²) in [5, 5.41) is 5.32. The van der Waals surface area contributed by atoms with Gasteiger partial charge in [-0.15, -0.1) is 0 Å². The first-order chi connectivity index (χ1) is 15.9. The zero-order chi connectivity index (χ0) is 23.0. The van der Waals surface area contributed by atoms with Crippen molar-refractivity contribution in [3.63, 3.8) is 0 Å². The highest BCUT2D eigenvalue weighted by atomic mass is 19.4. The number of fused-ring (bicyclic) bond motifs is 1. The van der Waals surface area contributed by atoms with Crippen molar-refractivity contribution in [2.45, 2.75) is 6.18 Å². The summed E-state index contributed by atoms with van der Waals surface area (Å²) in [5.41, 5.74) is 1.00. The molecule has 10 heteroatoms. The number of carbonyl (C=O) groups is 1. The van der Waals surface area contributed by atoms with Crippen molar-refractivity contribution in [3.05, 3.63) is 72.2 Å². The van der Waals surface area contributed by atoms with Crippen molar-refractivity contribution in [2.24, 2.45) is 0 Å². The molecule has 168 valence electrons. The highest BCUT2D eigenvalue weighted by Crippen LogP contribution is 2.29. The third kappa shape index (κ3) is 4.11. The summed E-state index contributed by atoms with van der Waals surface area (Å²) in [5.74, 6) is -0.914. The Morgan fingerprint density at radius 2 is 1.70 bits per heavy atom. The number of hydrogen-bond acceptors (Lipinski definition) is 6. The van der Waals surface area contributed by atoms with Crippen LogP contribution in [-0.2, 0) is 6.18 Å². The Bertz CT molecular complexity index is 1290. The number of pyridine rings is 1. The van der Waals surface area contributed by atoms with E-state index in [1.54, 1.807) is 12.1 Å². The summed E-state index contributed by atoms with van der Waals surface area (Å²) in [6, 6.07) is 16.8. The number of piperazine rings is 1. The molecule has 2 aromatic heterocycles. The molecule has 0 unspecified atom stereocenters. The quantitative estimate of drug-likeness (QED) is 0.461. The molecule has 0 spiro atoms. The number of aromatic nitrogens is 3. The summed E-state index contributed by atoms with van der Waals surface area (Å²) in [6.45, 7) is 2.24. The number of benzene rings is 2. The number of nitrogens with zero attached hydrogens (tertiary/aromatic N) is 5. The average molecular weight is 453 g/mol. The topological polar surface area (TPSA) is 75.4 Å². The number of anilines is 1. The lowest BCUT2D eigenvalue weighted by Crippen LogP contribution is -2.49. The minimum Gasteiger partial charge on any atom is -0.353 e. The Morgan fingerprint density at radius 3 is 2.39 bits per heavy atom. The van der Waals surface area contributed by atoms with Gasteiger partial charge in [0.25, 0.3) is 5.91 Å². The van der Waals surface area contributed by atoms with Gasteiger partial charge in [-0.05, 0) is 29.0 Å². The molecule has 0 aliphatic carbocycles. The molecule has 0 bridgehead atoms. The molecule has 4 aromatic rings. The fourth-order valence-corrected chi connectivity index (χ4v) is 3.88. The van der Waals surface area contributed by atoms with E-state index in [-0.39, 0.29) is 11.7 Å². The molecule has 7 nitrogen and oxygen atoms in total. The number of carbonyl (C=O) groups excluding carboxylic acids is 1. The summed E-state index contributed by atoms with van der Waals surface area (Å²) in [7, 11) is 0. The van der Waals surface area contributed by atoms with Gasteiger partial charge in [-0.3, -0.25) is 4.79 Å². The lowest BCUT2D eigenvalue weighted by atomic mass is 10.0. The van der Waals surface area contributed by atoms with Crippen LogP contribution in [0.25, 0.3) is 22.2 Å². The van der Waals surface area contributed by atoms with Gasteiger partial charge in [0.15, 0.2) is 0 Å². The summed E-state index contributed by atoms with van der Waals surface area (Å²) < 4.78 is 42.2. The van der Waals surface area contributed by atoms with Crippen LogP contribution in [0.1, 0.15) is 16.2 Å². The van der Waals surface area contributed by atoms with E-state index in [2.05, 4.69) is 19.6 Å². The molecule has 1 amide bonds. The van der Waals surface area contributed by atoms with E-state index >= 15 is 0 Å². The average Bonchev–Trinajstić information content (AvgIpc) is 3.35. The Hall–Kier alpha value is -3.95. The van der Waals surface area contributed by atoms with Crippen LogP contribution in [0.3, 0.4) is 0 Å².